The molecule has 1 aromatic heterocycles. The van der Waals surface area contributed by atoms with Crippen molar-refractivity contribution in [2.24, 2.45) is 0 Å². The second-order valence-corrected chi connectivity index (χ2v) is 7.61. The van der Waals surface area contributed by atoms with Crippen LogP contribution in [-0.4, -0.2) is 14.7 Å². The van der Waals surface area contributed by atoms with E-state index in [-0.39, 0.29) is 5.75 Å². The predicted molar refractivity (Wildman–Crippen MR) is 109 cm³/mol. The average Bonchev–Trinajstić information content (AvgIpc) is 2.99. The molecule has 0 aliphatic carbocycles. The normalized spacial score (nSPS) is 11.2. The quantitative estimate of drug-likeness (QED) is 0.406. The molecular weight excluding hydrogens is 387 g/mol. The molecule has 0 atom stereocenters. The van der Waals surface area contributed by atoms with E-state index < -0.39 is 0 Å². The molecule has 0 unspecified atom stereocenters. The van der Waals surface area contributed by atoms with E-state index in [9.17, 15) is 5.11 Å². The molecule has 4 rings (SSSR count). The van der Waals surface area contributed by atoms with Gasteiger partial charge in [-0.1, -0.05) is 47.1 Å². The second kappa shape index (κ2) is 7.23. The van der Waals surface area contributed by atoms with Crippen molar-refractivity contribution in [2.45, 2.75) is 10.9 Å². The number of hydrogen-bond donors (Lipinski definition) is 1. The molecule has 0 aliphatic rings. The Morgan fingerprint density at radius 2 is 1.58 bits per heavy atom. The summed E-state index contributed by atoms with van der Waals surface area (Å²) in [6, 6.07) is 20.5. The Morgan fingerprint density at radius 1 is 0.885 bits per heavy atom. The van der Waals surface area contributed by atoms with Crippen LogP contribution >= 0.6 is 35.0 Å². The lowest BCUT2D eigenvalue weighted by molar-refractivity contribution is 0.475. The SMILES string of the molecule is Oc1ccc(-n2c(SCc3ccc(Cl)cc3)nc3ccc(Cl)cc32)cc1. The molecule has 0 bridgehead atoms. The van der Waals surface area contributed by atoms with Crippen molar-refractivity contribution >= 4 is 46.0 Å². The van der Waals surface area contributed by atoms with Crippen LogP contribution in [0.15, 0.2) is 71.9 Å². The molecule has 0 radical (unpaired) electrons. The number of phenolic OH excluding ortho intramolecular Hbond substituents is 1. The summed E-state index contributed by atoms with van der Waals surface area (Å²) in [4.78, 5) is 4.76. The fourth-order valence-electron chi connectivity index (χ4n) is 2.70. The molecule has 0 amide bonds. The zero-order valence-electron chi connectivity index (χ0n) is 13.6. The average molecular weight is 401 g/mol. The lowest BCUT2D eigenvalue weighted by Crippen LogP contribution is -1.96. The van der Waals surface area contributed by atoms with Crippen LogP contribution in [0, 0.1) is 0 Å². The van der Waals surface area contributed by atoms with Crippen molar-refractivity contribution < 1.29 is 5.11 Å². The molecule has 1 N–H and O–H groups in total. The highest BCUT2D eigenvalue weighted by molar-refractivity contribution is 7.98. The van der Waals surface area contributed by atoms with Gasteiger partial charge in [-0.05, 0) is 60.2 Å². The van der Waals surface area contributed by atoms with Crippen LogP contribution in [0.1, 0.15) is 5.56 Å². The molecule has 130 valence electrons. The largest absolute Gasteiger partial charge is 0.508 e. The molecule has 0 fully saturated rings. The highest BCUT2D eigenvalue weighted by Crippen LogP contribution is 2.32. The van der Waals surface area contributed by atoms with Crippen LogP contribution in [0.2, 0.25) is 10.0 Å². The highest BCUT2D eigenvalue weighted by Gasteiger charge is 2.14. The number of rotatable bonds is 4. The number of nitrogens with zero attached hydrogens (tertiary/aromatic N) is 2. The zero-order chi connectivity index (χ0) is 18.1. The second-order valence-electron chi connectivity index (χ2n) is 5.79. The molecule has 26 heavy (non-hydrogen) atoms. The van der Waals surface area contributed by atoms with Crippen molar-refractivity contribution in [2.75, 3.05) is 0 Å². The van der Waals surface area contributed by atoms with Gasteiger partial charge in [-0.25, -0.2) is 4.98 Å². The summed E-state index contributed by atoms with van der Waals surface area (Å²) in [5.41, 5.74) is 3.90. The maximum atomic E-state index is 9.59. The number of thioether (sulfide) groups is 1. The van der Waals surface area contributed by atoms with Crippen LogP contribution in [0.4, 0.5) is 0 Å². The summed E-state index contributed by atoms with van der Waals surface area (Å²) >= 11 is 13.8. The van der Waals surface area contributed by atoms with Gasteiger partial charge in [-0.2, -0.15) is 0 Å². The molecule has 4 aromatic rings. The Hall–Kier alpha value is -2.14. The van der Waals surface area contributed by atoms with Crippen molar-refractivity contribution in [3.63, 3.8) is 0 Å². The maximum absolute atomic E-state index is 9.59. The lowest BCUT2D eigenvalue weighted by Gasteiger charge is -2.09. The maximum Gasteiger partial charge on any atom is 0.174 e. The number of fused-ring (bicyclic) bond motifs is 1. The molecule has 3 aromatic carbocycles. The van der Waals surface area contributed by atoms with E-state index in [2.05, 4.69) is 4.57 Å². The Balaban J connectivity index is 1.76. The van der Waals surface area contributed by atoms with Gasteiger partial charge in [0.1, 0.15) is 5.75 Å². The van der Waals surface area contributed by atoms with Gasteiger partial charge >= 0.3 is 0 Å². The van der Waals surface area contributed by atoms with Gasteiger partial charge in [0, 0.05) is 21.5 Å². The van der Waals surface area contributed by atoms with Crippen LogP contribution in [0.25, 0.3) is 16.7 Å². The van der Waals surface area contributed by atoms with Crippen LogP contribution in [0.5, 0.6) is 5.75 Å². The monoisotopic (exact) mass is 400 g/mol. The smallest absolute Gasteiger partial charge is 0.174 e. The summed E-state index contributed by atoms with van der Waals surface area (Å²) in [6.45, 7) is 0. The minimum absolute atomic E-state index is 0.228. The number of halogens is 2. The summed E-state index contributed by atoms with van der Waals surface area (Å²) in [6.07, 6.45) is 0. The highest BCUT2D eigenvalue weighted by atomic mass is 35.5. The lowest BCUT2D eigenvalue weighted by atomic mass is 10.2. The number of imidazole rings is 1. The van der Waals surface area contributed by atoms with E-state index in [1.165, 1.54) is 5.56 Å². The number of benzene rings is 3. The Kier molecular flexibility index (Phi) is 4.81. The van der Waals surface area contributed by atoms with Crippen molar-refractivity contribution in [1.29, 1.82) is 0 Å². The van der Waals surface area contributed by atoms with E-state index >= 15 is 0 Å². The molecule has 0 saturated heterocycles. The van der Waals surface area contributed by atoms with Gasteiger partial charge in [0.2, 0.25) is 0 Å². The summed E-state index contributed by atoms with van der Waals surface area (Å²) in [5.74, 6) is 0.998. The van der Waals surface area contributed by atoms with E-state index in [4.69, 9.17) is 28.2 Å². The molecule has 3 nitrogen and oxygen atoms in total. The van der Waals surface area contributed by atoms with Crippen LogP contribution in [-0.2, 0) is 5.75 Å². The van der Waals surface area contributed by atoms with Gasteiger partial charge in [-0.15, -0.1) is 0 Å². The third-order valence-corrected chi connectivity index (χ3v) is 5.47. The van der Waals surface area contributed by atoms with Crippen LogP contribution < -0.4 is 0 Å². The van der Waals surface area contributed by atoms with Crippen molar-refractivity contribution in [3.05, 3.63) is 82.3 Å². The summed E-state index contributed by atoms with van der Waals surface area (Å²) in [7, 11) is 0. The fraction of sp³-hybridized carbons (Fsp3) is 0.0500. The topological polar surface area (TPSA) is 38.0 Å². The molecule has 0 saturated carbocycles. The first-order chi connectivity index (χ1) is 12.6. The van der Waals surface area contributed by atoms with Crippen molar-refractivity contribution in [3.8, 4) is 11.4 Å². The first-order valence-electron chi connectivity index (χ1n) is 7.95. The van der Waals surface area contributed by atoms with Gasteiger partial charge < -0.3 is 5.11 Å². The van der Waals surface area contributed by atoms with Crippen LogP contribution in [0.3, 0.4) is 0 Å². The minimum atomic E-state index is 0.228. The van der Waals surface area contributed by atoms with Crippen molar-refractivity contribution in [1.82, 2.24) is 9.55 Å². The molecular formula is C20H14Cl2N2OS. The minimum Gasteiger partial charge on any atom is -0.508 e. The molecule has 6 heteroatoms. The number of aromatic hydroxyl groups is 1. The fourth-order valence-corrected chi connectivity index (χ4v) is 3.98. The third-order valence-electron chi connectivity index (χ3n) is 3.97. The predicted octanol–water partition coefficient (Wildman–Crippen LogP) is 6.33. The van der Waals surface area contributed by atoms with E-state index in [1.54, 1.807) is 23.9 Å². The Morgan fingerprint density at radius 3 is 2.31 bits per heavy atom. The third kappa shape index (κ3) is 3.54. The van der Waals surface area contributed by atoms with Gasteiger partial charge in [0.15, 0.2) is 5.16 Å². The number of hydrogen-bond acceptors (Lipinski definition) is 3. The summed E-state index contributed by atoms with van der Waals surface area (Å²) < 4.78 is 2.06. The van der Waals surface area contributed by atoms with E-state index in [0.717, 1.165) is 32.7 Å². The van der Waals surface area contributed by atoms with Gasteiger partial charge in [-0.3, -0.25) is 4.57 Å². The molecule has 0 spiro atoms. The first kappa shape index (κ1) is 17.3. The molecule has 0 aliphatic heterocycles. The zero-order valence-corrected chi connectivity index (χ0v) is 15.9. The Bertz CT molecular complexity index is 1060. The number of phenols is 1. The molecule has 1 heterocycles. The Labute approximate surface area is 165 Å². The standard InChI is InChI=1S/C20H14Cl2N2OS/c21-14-3-1-13(2-4-14)12-26-20-23-18-10-5-15(22)11-19(18)24(20)16-6-8-17(25)9-7-16/h1-11,25H,12H2. The number of aromatic nitrogens is 2. The van der Waals surface area contributed by atoms with E-state index in [0.29, 0.717) is 5.02 Å². The van der Waals surface area contributed by atoms with Gasteiger partial charge in [0.05, 0.1) is 11.0 Å². The first-order valence-corrected chi connectivity index (χ1v) is 9.69. The summed E-state index contributed by atoms with van der Waals surface area (Å²) in [5, 5.41) is 11.8. The van der Waals surface area contributed by atoms with Gasteiger partial charge in [0.25, 0.3) is 0 Å². The van der Waals surface area contributed by atoms with E-state index in [1.807, 2.05) is 54.6 Å².